The molecule has 0 radical (unpaired) electrons. The van der Waals surface area contributed by atoms with Crippen molar-refractivity contribution in [2.24, 2.45) is 0 Å². The minimum Gasteiger partial charge on any atom is -0.375 e. The van der Waals surface area contributed by atoms with Crippen molar-refractivity contribution in [1.29, 1.82) is 0 Å². The zero-order chi connectivity index (χ0) is 15.2. The summed E-state index contributed by atoms with van der Waals surface area (Å²) in [7, 11) is 1.61. The third-order valence-corrected chi connectivity index (χ3v) is 3.85. The van der Waals surface area contributed by atoms with Gasteiger partial charge in [0.1, 0.15) is 6.61 Å². The summed E-state index contributed by atoms with van der Waals surface area (Å²) in [5, 5.41) is 7.44. The summed E-state index contributed by atoms with van der Waals surface area (Å²) < 4.78 is 10.1. The summed E-state index contributed by atoms with van der Waals surface area (Å²) in [6.45, 7) is 4.18. The van der Waals surface area contributed by atoms with E-state index in [1.54, 1.807) is 7.11 Å². The summed E-state index contributed by atoms with van der Waals surface area (Å²) in [5.74, 6) is 1.21. The maximum Gasteiger partial charge on any atom is 0.252 e. The highest BCUT2D eigenvalue weighted by Gasteiger charge is 2.22. The average Bonchev–Trinajstić information content (AvgIpc) is 3.16. The van der Waals surface area contributed by atoms with Crippen molar-refractivity contribution in [2.75, 3.05) is 20.2 Å². The van der Waals surface area contributed by atoms with Crippen LogP contribution in [0.4, 0.5) is 0 Å². The van der Waals surface area contributed by atoms with Crippen LogP contribution < -0.4 is 5.32 Å². The molecule has 1 aromatic carbocycles. The summed E-state index contributed by atoms with van der Waals surface area (Å²) in [6.07, 6.45) is 1.15. The monoisotopic (exact) mass is 302 g/mol. The molecule has 0 aliphatic carbocycles. The molecule has 1 aliphatic rings. The molecular weight excluding hydrogens is 280 g/mol. The second-order valence-electron chi connectivity index (χ2n) is 5.62. The first-order chi connectivity index (χ1) is 10.8. The molecule has 1 N–H and O–H groups in total. The molecule has 22 heavy (non-hydrogen) atoms. The zero-order valence-electron chi connectivity index (χ0n) is 12.9. The van der Waals surface area contributed by atoms with Crippen LogP contribution in [0.1, 0.15) is 23.7 Å². The number of benzene rings is 1. The molecule has 0 bridgehead atoms. The smallest absolute Gasteiger partial charge is 0.252 e. The van der Waals surface area contributed by atoms with Crippen LogP contribution in [0.5, 0.6) is 0 Å². The van der Waals surface area contributed by atoms with Crippen molar-refractivity contribution in [1.82, 2.24) is 20.4 Å². The molecule has 6 nitrogen and oxygen atoms in total. The Morgan fingerprint density at radius 3 is 3.05 bits per heavy atom. The first-order valence-electron chi connectivity index (χ1n) is 7.63. The van der Waals surface area contributed by atoms with E-state index in [0.717, 1.165) is 26.1 Å². The predicted molar refractivity (Wildman–Crippen MR) is 82.0 cm³/mol. The normalized spacial score (nSPS) is 18.9. The van der Waals surface area contributed by atoms with Gasteiger partial charge >= 0.3 is 0 Å². The van der Waals surface area contributed by atoms with Gasteiger partial charge in [-0.2, -0.15) is 4.98 Å². The molecule has 0 spiro atoms. The van der Waals surface area contributed by atoms with Crippen molar-refractivity contribution < 1.29 is 9.26 Å². The maximum absolute atomic E-state index is 5.08. The van der Waals surface area contributed by atoms with Gasteiger partial charge in [0.05, 0.1) is 6.54 Å². The Labute approximate surface area is 130 Å². The number of aromatic nitrogens is 2. The second kappa shape index (κ2) is 7.49. The molecule has 2 heterocycles. The number of rotatable bonds is 7. The van der Waals surface area contributed by atoms with Crippen LogP contribution in [0.3, 0.4) is 0 Å². The van der Waals surface area contributed by atoms with Gasteiger partial charge in [0, 0.05) is 32.8 Å². The number of methoxy groups -OCH3 is 1. The number of hydrogen-bond acceptors (Lipinski definition) is 6. The van der Waals surface area contributed by atoms with Crippen molar-refractivity contribution in [3.63, 3.8) is 0 Å². The minimum atomic E-state index is 0.362. The lowest BCUT2D eigenvalue weighted by Crippen LogP contribution is -2.32. The summed E-state index contributed by atoms with van der Waals surface area (Å²) in [5.41, 5.74) is 1.37. The van der Waals surface area contributed by atoms with Crippen molar-refractivity contribution >= 4 is 0 Å². The second-order valence-corrected chi connectivity index (χ2v) is 5.62. The highest BCUT2D eigenvalue weighted by Crippen LogP contribution is 2.13. The van der Waals surface area contributed by atoms with Crippen LogP contribution >= 0.6 is 0 Å². The molecule has 1 fully saturated rings. The van der Waals surface area contributed by atoms with Crippen LogP contribution in [0.25, 0.3) is 0 Å². The topological polar surface area (TPSA) is 63.4 Å². The van der Waals surface area contributed by atoms with E-state index < -0.39 is 0 Å². The van der Waals surface area contributed by atoms with E-state index in [1.807, 2.05) is 0 Å². The molecule has 1 aliphatic heterocycles. The molecule has 1 aromatic heterocycles. The number of ether oxygens (including phenoxy) is 1. The van der Waals surface area contributed by atoms with E-state index in [4.69, 9.17) is 9.26 Å². The first-order valence-corrected chi connectivity index (χ1v) is 7.63. The number of likely N-dealkylation sites (tertiary alicyclic amines) is 1. The zero-order valence-corrected chi connectivity index (χ0v) is 12.9. The van der Waals surface area contributed by atoms with Gasteiger partial charge in [-0.15, -0.1) is 0 Å². The number of nitrogens with one attached hydrogen (secondary N) is 1. The van der Waals surface area contributed by atoms with Crippen LogP contribution in [-0.2, 0) is 24.4 Å². The van der Waals surface area contributed by atoms with Crippen LogP contribution in [0, 0.1) is 0 Å². The number of nitrogens with zero attached hydrogens (tertiary/aromatic N) is 3. The van der Waals surface area contributed by atoms with E-state index in [2.05, 4.69) is 50.7 Å². The van der Waals surface area contributed by atoms with Gasteiger partial charge in [-0.1, -0.05) is 35.5 Å². The molecule has 3 rings (SSSR count). The summed E-state index contributed by atoms with van der Waals surface area (Å²) in [4.78, 5) is 6.74. The van der Waals surface area contributed by atoms with Crippen LogP contribution in [0.15, 0.2) is 34.9 Å². The van der Waals surface area contributed by atoms with E-state index in [1.165, 1.54) is 5.56 Å². The molecule has 1 saturated heterocycles. The average molecular weight is 302 g/mol. The molecule has 1 atom stereocenters. The lowest BCUT2D eigenvalue weighted by atomic mass is 10.2. The molecule has 0 amide bonds. The lowest BCUT2D eigenvalue weighted by Gasteiger charge is -2.16. The fourth-order valence-electron chi connectivity index (χ4n) is 2.76. The summed E-state index contributed by atoms with van der Waals surface area (Å²) >= 11 is 0. The molecule has 0 unspecified atom stereocenters. The van der Waals surface area contributed by atoms with Gasteiger partial charge in [0.2, 0.25) is 0 Å². The Balaban J connectivity index is 1.42. The largest absolute Gasteiger partial charge is 0.375 e. The Bertz CT molecular complexity index is 573. The summed E-state index contributed by atoms with van der Waals surface area (Å²) in [6, 6.07) is 11.1. The van der Waals surface area contributed by atoms with E-state index >= 15 is 0 Å². The lowest BCUT2D eigenvalue weighted by molar-refractivity contribution is 0.151. The molecule has 6 heteroatoms. The highest BCUT2D eigenvalue weighted by atomic mass is 16.5. The van der Waals surface area contributed by atoms with Crippen molar-refractivity contribution in [3.05, 3.63) is 47.6 Å². The van der Waals surface area contributed by atoms with Gasteiger partial charge < -0.3 is 14.6 Å². The molecule has 2 aromatic rings. The van der Waals surface area contributed by atoms with E-state index in [9.17, 15) is 0 Å². The first kappa shape index (κ1) is 15.1. The van der Waals surface area contributed by atoms with Gasteiger partial charge in [-0.05, 0) is 12.0 Å². The standard InChI is InChI=1S/C16H22N4O2/c1-21-12-16-18-15(19-22-16)9-17-14-7-8-20(11-14)10-13-5-3-2-4-6-13/h2-6,14,17H,7-12H2,1H3/t14-/m1/s1. The van der Waals surface area contributed by atoms with Crippen molar-refractivity contribution in [3.8, 4) is 0 Å². The quantitative estimate of drug-likeness (QED) is 0.838. The Kier molecular flexibility index (Phi) is 5.15. The Morgan fingerprint density at radius 1 is 1.36 bits per heavy atom. The van der Waals surface area contributed by atoms with Gasteiger partial charge in [0.15, 0.2) is 5.82 Å². The number of hydrogen-bond donors (Lipinski definition) is 1. The van der Waals surface area contributed by atoms with Gasteiger partial charge in [-0.25, -0.2) is 0 Å². The molecule has 118 valence electrons. The fraction of sp³-hybridized carbons (Fsp3) is 0.500. The van der Waals surface area contributed by atoms with E-state index in [-0.39, 0.29) is 0 Å². The SMILES string of the molecule is COCc1nc(CN[C@@H]2CCN(Cc3ccccc3)C2)no1. The van der Waals surface area contributed by atoms with Crippen LogP contribution in [-0.4, -0.2) is 41.3 Å². The maximum atomic E-state index is 5.08. The van der Waals surface area contributed by atoms with E-state index in [0.29, 0.717) is 30.9 Å². The predicted octanol–water partition coefficient (Wildman–Crippen LogP) is 1.58. The van der Waals surface area contributed by atoms with Crippen molar-refractivity contribution in [2.45, 2.75) is 32.2 Å². The fourth-order valence-corrected chi connectivity index (χ4v) is 2.76. The molecular formula is C16H22N4O2. The molecule has 0 saturated carbocycles. The minimum absolute atomic E-state index is 0.362. The van der Waals surface area contributed by atoms with Gasteiger partial charge in [0.25, 0.3) is 5.89 Å². The third-order valence-electron chi connectivity index (χ3n) is 3.85. The van der Waals surface area contributed by atoms with Gasteiger partial charge in [-0.3, -0.25) is 4.90 Å². The van der Waals surface area contributed by atoms with Crippen LogP contribution in [0.2, 0.25) is 0 Å². The Hall–Kier alpha value is -1.76. The highest BCUT2D eigenvalue weighted by molar-refractivity contribution is 5.14. The Morgan fingerprint density at radius 2 is 2.23 bits per heavy atom. The third kappa shape index (κ3) is 4.13.